The molecule has 2 saturated heterocycles. The van der Waals surface area contributed by atoms with Crippen molar-refractivity contribution in [2.75, 3.05) is 0 Å². The summed E-state index contributed by atoms with van der Waals surface area (Å²) in [5.74, 6) is -6.54. The van der Waals surface area contributed by atoms with Gasteiger partial charge >= 0.3 is 35.6 Å². The molecule has 28 heavy (non-hydrogen) atoms. The number of hydrogen-bond acceptors (Lipinski definition) is 10. The number of carboxylic acids is 2. The second-order valence-corrected chi connectivity index (χ2v) is 8.87. The number of amides is 4. The number of carboxylic acid groups (broad SMARTS) is 2. The first-order chi connectivity index (χ1) is 12.9. The Bertz CT molecular complexity index is 660. The van der Waals surface area contributed by atoms with Crippen LogP contribution in [0.3, 0.4) is 0 Å². The molecule has 2 rings (SSSR count). The van der Waals surface area contributed by atoms with Crippen molar-refractivity contribution in [2.45, 2.75) is 49.3 Å². The molecule has 0 aromatic heterocycles. The van der Waals surface area contributed by atoms with Crippen LogP contribution in [0.15, 0.2) is 0 Å². The highest BCUT2D eigenvalue weighted by Gasteiger charge is 2.60. The number of hydrogen-bond donors (Lipinski definition) is 4. The minimum atomic E-state index is -1.78. The summed E-state index contributed by atoms with van der Waals surface area (Å²) in [5, 5.41) is 36.0. The number of rotatable bonds is 9. The zero-order valence-electron chi connectivity index (χ0n) is 14.3. The molecule has 0 radical (unpaired) electrons. The van der Waals surface area contributed by atoms with Gasteiger partial charge in [0.05, 0.1) is 25.7 Å². The van der Waals surface area contributed by atoms with E-state index in [4.69, 9.17) is 10.2 Å². The minimum absolute atomic E-state index is 0.286. The molecule has 0 bridgehead atoms. The SMILES string of the molecule is O=C(O)CC(SSC(CC(=O)O)[N+]1(O)C(=O)CCC1=O)[N+]1(O)C(=O)CCC1=O. The van der Waals surface area contributed by atoms with Gasteiger partial charge in [0.15, 0.2) is 0 Å². The van der Waals surface area contributed by atoms with Crippen LogP contribution < -0.4 is 0 Å². The average Bonchev–Trinajstić information content (AvgIpc) is 3.02. The molecule has 0 aliphatic carbocycles. The largest absolute Gasteiger partial charge is 0.481 e. The molecule has 0 saturated carbocycles. The molecule has 4 amide bonds. The molecular formula is C14H18N2O10S2+2. The number of carbonyl (C=O) groups excluding carboxylic acids is 4. The lowest BCUT2D eigenvalue weighted by molar-refractivity contribution is -0.979. The van der Waals surface area contributed by atoms with Crippen LogP contribution in [0.5, 0.6) is 0 Å². The van der Waals surface area contributed by atoms with Crippen LogP contribution in [0.2, 0.25) is 0 Å². The number of likely N-dealkylation sites (tertiary alicyclic amines) is 2. The standard InChI is InChI=1S/C14H16N2O10S2/c17-7-1-2-8(18)15(7,25)11(5-13(21)22)27-28-12(6-14(23)24)16(26)9(19)3-4-10(16)20/h11-12,25-26H,1-6H2/p+2. The lowest BCUT2D eigenvalue weighted by Crippen LogP contribution is -2.57. The highest BCUT2D eigenvalue weighted by molar-refractivity contribution is 8.77. The summed E-state index contributed by atoms with van der Waals surface area (Å²) in [6.07, 6.45) is -2.81. The maximum absolute atomic E-state index is 12.0. The fourth-order valence-corrected chi connectivity index (χ4v) is 6.24. The van der Waals surface area contributed by atoms with Crippen LogP contribution in [-0.2, 0) is 28.8 Å². The zero-order chi connectivity index (χ0) is 21.3. The molecule has 0 spiro atoms. The van der Waals surface area contributed by atoms with E-state index < -0.39 is 68.4 Å². The first kappa shape index (κ1) is 22.4. The van der Waals surface area contributed by atoms with Gasteiger partial charge in [0.25, 0.3) is 0 Å². The Morgan fingerprint density at radius 1 is 0.714 bits per heavy atom. The molecule has 0 aromatic carbocycles. The molecule has 2 heterocycles. The molecule has 2 fully saturated rings. The minimum Gasteiger partial charge on any atom is -0.481 e. The first-order valence-corrected chi connectivity index (χ1v) is 10.3. The average molecular weight is 438 g/mol. The third-order valence-electron chi connectivity index (χ3n) is 4.44. The summed E-state index contributed by atoms with van der Waals surface area (Å²) in [6, 6.07) is 0. The van der Waals surface area contributed by atoms with E-state index in [1.54, 1.807) is 0 Å². The van der Waals surface area contributed by atoms with Crippen molar-refractivity contribution < 1.29 is 58.7 Å². The van der Waals surface area contributed by atoms with E-state index in [2.05, 4.69) is 0 Å². The summed E-state index contributed by atoms with van der Waals surface area (Å²) in [4.78, 5) is 70.3. The van der Waals surface area contributed by atoms with Crippen molar-refractivity contribution >= 4 is 57.2 Å². The van der Waals surface area contributed by atoms with E-state index in [9.17, 15) is 39.2 Å². The van der Waals surface area contributed by atoms with E-state index in [1.807, 2.05) is 0 Å². The quantitative estimate of drug-likeness (QED) is 0.165. The van der Waals surface area contributed by atoms with Crippen LogP contribution in [0.4, 0.5) is 0 Å². The van der Waals surface area contributed by atoms with Gasteiger partial charge in [0.2, 0.25) is 10.7 Å². The molecule has 12 nitrogen and oxygen atoms in total. The fourth-order valence-electron chi connectivity index (χ4n) is 2.91. The van der Waals surface area contributed by atoms with Gasteiger partial charge in [-0.05, 0) is 30.9 Å². The number of quaternary nitrogens is 2. The summed E-state index contributed by atoms with van der Waals surface area (Å²) in [7, 11) is 0.932. The van der Waals surface area contributed by atoms with Gasteiger partial charge in [-0.15, -0.1) is 0 Å². The van der Waals surface area contributed by atoms with Gasteiger partial charge in [-0.25, -0.2) is 29.6 Å². The van der Waals surface area contributed by atoms with E-state index in [-0.39, 0.29) is 25.7 Å². The molecular weight excluding hydrogens is 420 g/mol. The van der Waals surface area contributed by atoms with Gasteiger partial charge in [-0.1, -0.05) is 0 Å². The second kappa shape index (κ2) is 8.26. The van der Waals surface area contributed by atoms with Gasteiger partial charge in [0, 0.05) is 0 Å². The molecule has 2 aliphatic heterocycles. The van der Waals surface area contributed by atoms with Crippen molar-refractivity contribution in [1.29, 1.82) is 0 Å². The lowest BCUT2D eigenvalue weighted by Gasteiger charge is -2.30. The Morgan fingerprint density at radius 2 is 0.964 bits per heavy atom. The van der Waals surface area contributed by atoms with Crippen molar-refractivity contribution in [2.24, 2.45) is 0 Å². The summed E-state index contributed by atoms with van der Waals surface area (Å²) in [5.41, 5.74) is 0. The van der Waals surface area contributed by atoms with Crippen molar-refractivity contribution in [3.05, 3.63) is 0 Å². The summed E-state index contributed by atoms with van der Waals surface area (Å²) < 4.78 is -3.56. The van der Waals surface area contributed by atoms with E-state index in [1.165, 1.54) is 0 Å². The van der Waals surface area contributed by atoms with Crippen LogP contribution >= 0.6 is 21.6 Å². The lowest BCUT2D eigenvalue weighted by atomic mass is 10.4. The predicted molar refractivity (Wildman–Crippen MR) is 89.9 cm³/mol. The molecule has 0 aromatic rings. The molecule has 154 valence electrons. The van der Waals surface area contributed by atoms with Crippen LogP contribution in [-0.4, -0.2) is 76.2 Å². The van der Waals surface area contributed by atoms with Crippen molar-refractivity contribution in [3.8, 4) is 0 Å². The van der Waals surface area contributed by atoms with Crippen molar-refractivity contribution in [1.82, 2.24) is 0 Å². The maximum atomic E-state index is 12.0. The molecule has 14 heteroatoms. The normalized spacial score (nSPS) is 23.1. The van der Waals surface area contributed by atoms with E-state index in [0.717, 1.165) is 0 Å². The Morgan fingerprint density at radius 3 is 1.18 bits per heavy atom. The van der Waals surface area contributed by atoms with Gasteiger partial charge in [0.1, 0.15) is 12.8 Å². The summed E-state index contributed by atoms with van der Waals surface area (Å²) in [6.45, 7) is 0. The zero-order valence-corrected chi connectivity index (χ0v) is 16.0. The highest BCUT2D eigenvalue weighted by atomic mass is 33.1. The number of carbonyl (C=O) groups is 6. The first-order valence-electron chi connectivity index (χ1n) is 8.06. The molecule has 2 aliphatic rings. The van der Waals surface area contributed by atoms with Crippen LogP contribution in [0.1, 0.15) is 38.5 Å². The molecule has 2 unspecified atom stereocenters. The smallest absolute Gasteiger partial charge is 0.354 e. The van der Waals surface area contributed by atoms with Gasteiger partial charge in [-0.3, -0.25) is 9.59 Å². The van der Waals surface area contributed by atoms with Crippen molar-refractivity contribution in [3.63, 3.8) is 0 Å². The molecule has 4 N–H and O–H groups in total. The fraction of sp³-hybridized carbons (Fsp3) is 0.571. The number of imide groups is 2. The third kappa shape index (κ3) is 3.97. The van der Waals surface area contributed by atoms with E-state index in [0.29, 0.717) is 21.6 Å². The Kier molecular flexibility index (Phi) is 6.62. The topological polar surface area (TPSA) is 183 Å². The number of hydroxylamine groups is 6. The van der Waals surface area contributed by atoms with Crippen LogP contribution in [0.25, 0.3) is 0 Å². The predicted octanol–water partition coefficient (Wildman–Crippen LogP) is 0.0754. The maximum Gasteiger partial charge on any atom is 0.354 e. The third-order valence-corrected chi connectivity index (χ3v) is 7.60. The number of aliphatic carboxylic acids is 2. The number of nitrogens with zero attached hydrogens (tertiary/aromatic N) is 2. The monoisotopic (exact) mass is 438 g/mol. The molecule has 2 atom stereocenters. The van der Waals surface area contributed by atoms with E-state index >= 15 is 0 Å². The second-order valence-electron chi connectivity index (χ2n) is 6.24. The van der Waals surface area contributed by atoms with Gasteiger partial charge < -0.3 is 10.2 Å². The van der Waals surface area contributed by atoms with Gasteiger partial charge in [-0.2, -0.15) is 0 Å². The Balaban J connectivity index is 2.29. The Hall–Kier alpha value is -1.84. The Labute approximate surface area is 165 Å². The van der Waals surface area contributed by atoms with Crippen LogP contribution in [0, 0.1) is 0 Å². The highest BCUT2D eigenvalue weighted by Crippen LogP contribution is 2.44. The summed E-state index contributed by atoms with van der Waals surface area (Å²) >= 11 is 0.